The average Bonchev–Trinajstić information content (AvgIpc) is 3.73. The molecule has 2 aliphatic heterocycles. The van der Waals surface area contributed by atoms with Gasteiger partial charge in [0, 0.05) is 27.2 Å². The van der Waals surface area contributed by atoms with E-state index in [2.05, 4.69) is 226 Å². The summed E-state index contributed by atoms with van der Waals surface area (Å²) in [5.41, 5.74) is 13.5. The number of rotatable bonds is 2. The van der Waals surface area contributed by atoms with Crippen LogP contribution in [-0.2, 0) is 5.41 Å². The van der Waals surface area contributed by atoms with E-state index in [0.717, 1.165) is 17.1 Å². The number of hydrogen-bond donors (Lipinski definition) is 0. The van der Waals surface area contributed by atoms with E-state index in [0.29, 0.717) is 0 Å². The molecule has 67 heavy (non-hydrogen) atoms. The quantitative estimate of drug-likeness (QED) is 0.125. The fourth-order valence-corrected chi connectivity index (χ4v) is 12.3. The summed E-state index contributed by atoms with van der Waals surface area (Å²) in [6.45, 7) is 6.75. The highest BCUT2D eigenvalue weighted by Gasteiger charge is 2.42. The highest BCUT2D eigenvalue weighted by Crippen LogP contribution is 2.49. The van der Waals surface area contributed by atoms with Crippen molar-refractivity contribution in [1.82, 2.24) is 4.57 Å². The minimum Gasteiger partial charge on any atom is -0.458 e. The zero-order chi connectivity index (χ0) is 44.3. The Balaban J connectivity index is 1.18. The predicted octanol–water partition coefficient (Wildman–Crippen LogP) is 15.3. The van der Waals surface area contributed by atoms with Gasteiger partial charge in [-0.1, -0.05) is 197 Å². The molecule has 2 aliphatic rings. The molecule has 0 saturated carbocycles. The SMILES string of the molecule is CC(C)(C)c1ccc(-c2ccc3c(c2)B2c4c(cc(-c5ccccc5)cc4-n4c5ccc6c7ccccc7c7ccccc7c6c5c5c6c7ccccc7c7ccccc7c6cc2c54)O3)cc1. The monoisotopic (exact) mass is 851 g/mol. The van der Waals surface area contributed by atoms with Gasteiger partial charge in [0.05, 0.1) is 11.0 Å². The van der Waals surface area contributed by atoms with Crippen molar-refractivity contribution in [1.29, 1.82) is 0 Å². The Morgan fingerprint density at radius 3 is 1.52 bits per heavy atom. The Kier molecular flexibility index (Phi) is 7.34. The summed E-state index contributed by atoms with van der Waals surface area (Å²) < 4.78 is 9.84. The van der Waals surface area contributed by atoms with Crippen molar-refractivity contribution in [3.05, 3.63) is 206 Å². The zero-order valence-corrected chi connectivity index (χ0v) is 37.5. The van der Waals surface area contributed by atoms with E-state index in [1.807, 2.05) is 0 Å². The van der Waals surface area contributed by atoms with Gasteiger partial charge in [0.2, 0.25) is 0 Å². The lowest BCUT2D eigenvalue weighted by molar-refractivity contribution is 0.487. The first-order chi connectivity index (χ1) is 32.9. The van der Waals surface area contributed by atoms with E-state index < -0.39 is 0 Å². The second-order valence-corrected chi connectivity index (χ2v) is 19.9. The number of ether oxygens (including phenoxy) is 1. The maximum absolute atomic E-state index is 7.22. The molecule has 0 N–H and O–H groups in total. The van der Waals surface area contributed by atoms with Crippen molar-refractivity contribution in [3.63, 3.8) is 0 Å². The molecular formula is C64H42BNO. The van der Waals surface area contributed by atoms with Crippen molar-refractivity contribution >= 4 is 110 Å². The minimum absolute atomic E-state index is 0.0726. The van der Waals surface area contributed by atoms with Crippen LogP contribution in [0.2, 0.25) is 0 Å². The molecule has 0 radical (unpaired) electrons. The maximum atomic E-state index is 7.22. The molecule has 13 aromatic rings. The molecule has 0 spiro atoms. The Morgan fingerprint density at radius 2 is 0.896 bits per heavy atom. The van der Waals surface area contributed by atoms with E-state index >= 15 is 0 Å². The lowest BCUT2D eigenvalue weighted by Crippen LogP contribution is -2.58. The number of aromatic nitrogens is 1. The first kappa shape index (κ1) is 37.1. The first-order valence-corrected chi connectivity index (χ1v) is 23.6. The van der Waals surface area contributed by atoms with Gasteiger partial charge in [0.15, 0.2) is 0 Å². The number of fused-ring (bicyclic) bond motifs is 21. The number of benzene rings is 12. The van der Waals surface area contributed by atoms with Crippen LogP contribution in [0.5, 0.6) is 11.5 Å². The predicted molar refractivity (Wildman–Crippen MR) is 287 cm³/mol. The van der Waals surface area contributed by atoms with Crippen LogP contribution in [-0.4, -0.2) is 11.3 Å². The summed E-state index contributed by atoms with van der Waals surface area (Å²) in [6.07, 6.45) is 0. The van der Waals surface area contributed by atoms with E-state index in [9.17, 15) is 0 Å². The van der Waals surface area contributed by atoms with Crippen LogP contribution < -0.4 is 21.1 Å². The lowest BCUT2D eigenvalue weighted by Gasteiger charge is -2.34. The largest absolute Gasteiger partial charge is 0.458 e. The lowest BCUT2D eigenvalue weighted by atomic mass is 9.34. The highest BCUT2D eigenvalue weighted by atomic mass is 16.5. The smallest absolute Gasteiger partial charge is 0.256 e. The van der Waals surface area contributed by atoms with Crippen molar-refractivity contribution in [3.8, 4) is 39.4 Å². The van der Waals surface area contributed by atoms with Crippen LogP contribution in [0.25, 0.3) is 114 Å². The van der Waals surface area contributed by atoms with Crippen LogP contribution in [0, 0.1) is 0 Å². The molecule has 312 valence electrons. The van der Waals surface area contributed by atoms with E-state index in [1.54, 1.807) is 0 Å². The Hall–Kier alpha value is -8.14. The van der Waals surface area contributed by atoms with Gasteiger partial charge in [0.1, 0.15) is 11.5 Å². The van der Waals surface area contributed by atoms with E-state index in [-0.39, 0.29) is 12.1 Å². The Labute approximate surface area is 388 Å². The third-order valence-corrected chi connectivity index (χ3v) is 15.3. The van der Waals surface area contributed by atoms with Gasteiger partial charge in [0.25, 0.3) is 6.71 Å². The normalized spacial score (nSPS) is 13.1. The summed E-state index contributed by atoms with van der Waals surface area (Å²) >= 11 is 0. The number of hydrogen-bond acceptors (Lipinski definition) is 1. The molecule has 1 aromatic heterocycles. The highest BCUT2D eigenvalue weighted by molar-refractivity contribution is 6.99. The van der Waals surface area contributed by atoms with Gasteiger partial charge in [-0.25, -0.2) is 0 Å². The van der Waals surface area contributed by atoms with E-state index in [1.165, 1.54) is 131 Å². The van der Waals surface area contributed by atoms with Gasteiger partial charge in [-0.15, -0.1) is 0 Å². The Bertz CT molecular complexity index is 4290. The summed E-state index contributed by atoms with van der Waals surface area (Å²) in [6, 6.07) is 75.2. The molecule has 15 rings (SSSR count). The molecule has 3 heteroatoms. The van der Waals surface area contributed by atoms with Gasteiger partial charge >= 0.3 is 0 Å². The fourth-order valence-electron chi connectivity index (χ4n) is 12.3. The molecule has 0 unspecified atom stereocenters. The molecule has 0 fully saturated rings. The van der Waals surface area contributed by atoms with Gasteiger partial charge < -0.3 is 9.30 Å². The van der Waals surface area contributed by atoms with E-state index in [4.69, 9.17) is 4.74 Å². The third kappa shape index (κ3) is 5.01. The van der Waals surface area contributed by atoms with Gasteiger partial charge in [-0.05, 0) is 128 Å². The molecular weight excluding hydrogens is 810 g/mol. The fraction of sp³-hybridized carbons (Fsp3) is 0.0625. The van der Waals surface area contributed by atoms with Gasteiger partial charge in [-0.3, -0.25) is 0 Å². The molecule has 0 bridgehead atoms. The van der Waals surface area contributed by atoms with Crippen LogP contribution in [0.15, 0.2) is 200 Å². The molecule has 3 heterocycles. The third-order valence-electron chi connectivity index (χ3n) is 15.3. The van der Waals surface area contributed by atoms with Crippen molar-refractivity contribution in [2.24, 2.45) is 0 Å². The second-order valence-electron chi connectivity index (χ2n) is 19.9. The molecule has 0 aliphatic carbocycles. The van der Waals surface area contributed by atoms with Crippen molar-refractivity contribution < 1.29 is 4.74 Å². The van der Waals surface area contributed by atoms with Crippen LogP contribution >= 0.6 is 0 Å². The molecule has 0 amide bonds. The molecule has 2 nitrogen and oxygen atoms in total. The van der Waals surface area contributed by atoms with Gasteiger partial charge in [-0.2, -0.15) is 0 Å². The summed E-state index contributed by atoms with van der Waals surface area (Å²) in [7, 11) is 0. The van der Waals surface area contributed by atoms with Crippen LogP contribution in [0.1, 0.15) is 26.3 Å². The zero-order valence-electron chi connectivity index (χ0n) is 37.5. The summed E-state index contributed by atoms with van der Waals surface area (Å²) in [5, 5.41) is 18.0. The standard InChI is InChI=1S/C64H42BNO/c1-64(2,3)41-28-25-38(26-29-41)39-27-32-56-52(33-39)65-53-36-51-47-22-10-8-18-43(47)45-20-12-14-24-49(45)59(51)61-60-54(31-30-50-46-21-9-7-17-42(46)44-19-11-13-23-48(44)58(50)60)66(63(53)61)55-34-40(35-57(67-56)62(55)65)37-15-5-4-6-16-37/h4-36H,1-3H3. The van der Waals surface area contributed by atoms with Crippen LogP contribution in [0.4, 0.5) is 0 Å². The van der Waals surface area contributed by atoms with Crippen molar-refractivity contribution in [2.45, 2.75) is 26.2 Å². The minimum atomic E-state index is -0.0924. The Morgan fingerprint density at radius 1 is 0.373 bits per heavy atom. The average molecular weight is 852 g/mol. The second kappa shape index (κ2) is 13.2. The molecule has 0 atom stereocenters. The topological polar surface area (TPSA) is 14.2 Å². The molecule has 0 saturated heterocycles. The molecule has 12 aromatic carbocycles. The maximum Gasteiger partial charge on any atom is 0.256 e. The first-order valence-electron chi connectivity index (χ1n) is 23.6. The van der Waals surface area contributed by atoms with Crippen LogP contribution in [0.3, 0.4) is 0 Å². The summed E-state index contributed by atoms with van der Waals surface area (Å²) in [4.78, 5) is 0. The number of nitrogens with zero attached hydrogens (tertiary/aromatic N) is 1. The summed E-state index contributed by atoms with van der Waals surface area (Å²) in [5.74, 6) is 1.82. The van der Waals surface area contributed by atoms with Crippen molar-refractivity contribution in [2.75, 3.05) is 0 Å².